The summed E-state index contributed by atoms with van der Waals surface area (Å²) in [6, 6.07) is 2.19. The molecular formula is C11H14BrClN2. The van der Waals surface area contributed by atoms with Crippen molar-refractivity contribution in [1.82, 2.24) is 4.98 Å². The van der Waals surface area contributed by atoms with E-state index >= 15 is 0 Å². The fraction of sp³-hybridized carbons (Fsp3) is 0.364. The summed E-state index contributed by atoms with van der Waals surface area (Å²) in [5, 5.41) is 0.653. The average molecular weight is 290 g/mol. The molecule has 0 saturated heterocycles. The summed E-state index contributed by atoms with van der Waals surface area (Å²) in [5.41, 5.74) is 0. The lowest BCUT2D eigenvalue weighted by atomic mass is 10.3. The van der Waals surface area contributed by atoms with Crippen LogP contribution in [0.15, 0.2) is 29.4 Å². The first-order valence-electron chi connectivity index (χ1n) is 4.75. The standard InChI is InChI=1S/C11H14BrClN2/c1-4-5-15(8(2)3)11-10(13)6-9(12)7-14-11/h4,6-8H,1,5H2,2-3H3. The fourth-order valence-corrected chi connectivity index (χ4v) is 2.04. The number of aromatic nitrogens is 1. The Balaban J connectivity index is 3.05. The molecule has 0 radical (unpaired) electrons. The van der Waals surface area contributed by atoms with Gasteiger partial charge in [0.1, 0.15) is 5.82 Å². The molecule has 1 aromatic heterocycles. The molecular weight excluding hydrogens is 275 g/mol. The lowest BCUT2D eigenvalue weighted by molar-refractivity contribution is 0.712. The molecule has 0 amide bonds. The van der Waals surface area contributed by atoms with E-state index in [-0.39, 0.29) is 0 Å². The third kappa shape index (κ3) is 3.21. The number of halogens is 2. The van der Waals surface area contributed by atoms with E-state index in [0.29, 0.717) is 11.1 Å². The van der Waals surface area contributed by atoms with Crippen molar-refractivity contribution >= 4 is 33.3 Å². The van der Waals surface area contributed by atoms with Gasteiger partial charge in [-0.3, -0.25) is 0 Å². The molecule has 0 unspecified atom stereocenters. The van der Waals surface area contributed by atoms with Gasteiger partial charge in [-0.2, -0.15) is 0 Å². The third-order valence-electron chi connectivity index (χ3n) is 2.01. The second-order valence-corrected chi connectivity index (χ2v) is 4.82. The molecule has 0 aliphatic heterocycles. The van der Waals surface area contributed by atoms with E-state index in [1.807, 2.05) is 12.1 Å². The first-order valence-corrected chi connectivity index (χ1v) is 5.92. The Labute approximate surface area is 104 Å². The van der Waals surface area contributed by atoms with Crippen LogP contribution >= 0.6 is 27.5 Å². The highest BCUT2D eigenvalue weighted by Crippen LogP contribution is 2.27. The molecule has 0 aromatic carbocycles. The van der Waals surface area contributed by atoms with Crippen LogP contribution in [0.1, 0.15) is 13.8 Å². The molecule has 0 spiro atoms. The minimum absolute atomic E-state index is 0.342. The maximum Gasteiger partial charge on any atom is 0.147 e. The van der Waals surface area contributed by atoms with Gasteiger partial charge in [-0.25, -0.2) is 4.98 Å². The summed E-state index contributed by atoms with van der Waals surface area (Å²) in [7, 11) is 0. The van der Waals surface area contributed by atoms with Gasteiger partial charge in [0.15, 0.2) is 0 Å². The predicted octanol–water partition coefficient (Wildman–Crippen LogP) is 3.90. The molecule has 0 saturated carbocycles. The highest BCUT2D eigenvalue weighted by Gasteiger charge is 2.13. The molecule has 15 heavy (non-hydrogen) atoms. The second kappa shape index (κ2) is 5.52. The van der Waals surface area contributed by atoms with Crippen molar-refractivity contribution in [3.63, 3.8) is 0 Å². The Morgan fingerprint density at radius 3 is 2.80 bits per heavy atom. The SMILES string of the molecule is C=CCN(c1ncc(Br)cc1Cl)C(C)C. The van der Waals surface area contributed by atoms with Crippen molar-refractivity contribution < 1.29 is 0 Å². The van der Waals surface area contributed by atoms with Crippen LogP contribution in [0.2, 0.25) is 5.02 Å². The van der Waals surface area contributed by atoms with E-state index in [4.69, 9.17) is 11.6 Å². The van der Waals surface area contributed by atoms with Crippen molar-refractivity contribution in [2.45, 2.75) is 19.9 Å². The quantitative estimate of drug-likeness (QED) is 0.782. The third-order valence-corrected chi connectivity index (χ3v) is 2.72. The number of pyridine rings is 1. The Hall–Kier alpha value is -0.540. The molecule has 2 nitrogen and oxygen atoms in total. The Bertz CT molecular complexity index is 352. The maximum atomic E-state index is 6.14. The van der Waals surface area contributed by atoms with E-state index in [2.05, 4.69) is 46.2 Å². The summed E-state index contributed by atoms with van der Waals surface area (Å²) in [6.45, 7) is 8.68. The molecule has 1 rings (SSSR count). The van der Waals surface area contributed by atoms with E-state index in [9.17, 15) is 0 Å². The lowest BCUT2D eigenvalue weighted by Crippen LogP contribution is -2.31. The maximum absolute atomic E-state index is 6.14. The first kappa shape index (κ1) is 12.5. The van der Waals surface area contributed by atoms with Crippen molar-refractivity contribution in [1.29, 1.82) is 0 Å². The molecule has 0 aliphatic carbocycles. The second-order valence-electron chi connectivity index (χ2n) is 3.49. The minimum Gasteiger partial charge on any atom is -0.349 e. The van der Waals surface area contributed by atoms with E-state index in [1.54, 1.807) is 6.20 Å². The van der Waals surface area contributed by atoms with Gasteiger partial charge < -0.3 is 4.90 Å². The summed E-state index contributed by atoms with van der Waals surface area (Å²) >= 11 is 9.47. The zero-order chi connectivity index (χ0) is 11.4. The predicted molar refractivity (Wildman–Crippen MR) is 69.6 cm³/mol. The normalized spacial score (nSPS) is 10.5. The zero-order valence-electron chi connectivity index (χ0n) is 8.87. The van der Waals surface area contributed by atoms with Gasteiger partial charge in [-0.1, -0.05) is 17.7 Å². The Morgan fingerprint density at radius 2 is 2.33 bits per heavy atom. The van der Waals surface area contributed by atoms with Crippen LogP contribution in [0, 0.1) is 0 Å². The molecule has 0 atom stereocenters. The summed E-state index contributed by atoms with van der Waals surface area (Å²) in [6.07, 6.45) is 3.60. The van der Waals surface area contributed by atoms with Gasteiger partial charge in [-0.05, 0) is 35.8 Å². The van der Waals surface area contributed by atoms with Crippen LogP contribution in [-0.2, 0) is 0 Å². The fourth-order valence-electron chi connectivity index (χ4n) is 1.30. The highest BCUT2D eigenvalue weighted by atomic mass is 79.9. The van der Waals surface area contributed by atoms with Gasteiger partial charge >= 0.3 is 0 Å². The van der Waals surface area contributed by atoms with E-state index in [0.717, 1.165) is 16.8 Å². The molecule has 1 heterocycles. The first-order chi connectivity index (χ1) is 7.06. The van der Waals surface area contributed by atoms with Crippen molar-refractivity contribution in [3.8, 4) is 0 Å². The molecule has 82 valence electrons. The monoisotopic (exact) mass is 288 g/mol. The lowest BCUT2D eigenvalue weighted by Gasteiger charge is -2.27. The van der Waals surface area contributed by atoms with Crippen LogP contribution in [0.3, 0.4) is 0 Å². The average Bonchev–Trinajstić information content (AvgIpc) is 2.15. The molecule has 0 aliphatic rings. The number of hydrogen-bond donors (Lipinski definition) is 0. The van der Waals surface area contributed by atoms with Gasteiger partial charge in [0.05, 0.1) is 5.02 Å². The number of rotatable bonds is 4. The van der Waals surface area contributed by atoms with Gasteiger partial charge in [0.25, 0.3) is 0 Å². The van der Waals surface area contributed by atoms with Crippen LogP contribution in [0.4, 0.5) is 5.82 Å². The Kier molecular flexibility index (Phi) is 4.61. The molecule has 0 bridgehead atoms. The smallest absolute Gasteiger partial charge is 0.147 e. The van der Waals surface area contributed by atoms with Crippen LogP contribution in [0.5, 0.6) is 0 Å². The minimum atomic E-state index is 0.342. The molecule has 1 aromatic rings. The van der Waals surface area contributed by atoms with Crippen molar-refractivity contribution in [2.24, 2.45) is 0 Å². The van der Waals surface area contributed by atoms with Gasteiger partial charge in [0, 0.05) is 23.3 Å². The van der Waals surface area contributed by atoms with Gasteiger partial charge in [-0.15, -0.1) is 6.58 Å². The number of nitrogens with zero attached hydrogens (tertiary/aromatic N) is 2. The van der Waals surface area contributed by atoms with Crippen LogP contribution in [-0.4, -0.2) is 17.6 Å². The summed E-state index contributed by atoms with van der Waals surface area (Å²) in [5.74, 6) is 0.801. The van der Waals surface area contributed by atoms with Crippen LogP contribution < -0.4 is 4.90 Å². The molecule has 0 N–H and O–H groups in total. The largest absolute Gasteiger partial charge is 0.349 e. The molecule has 0 fully saturated rings. The van der Waals surface area contributed by atoms with Gasteiger partial charge in [0.2, 0.25) is 0 Å². The highest BCUT2D eigenvalue weighted by molar-refractivity contribution is 9.10. The van der Waals surface area contributed by atoms with Crippen LogP contribution in [0.25, 0.3) is 0 Å². The molecule has 4 heteroatoms. The van der Waals surface area contributed by atoms with Crippen molar-refractivity contribution in [2.75, 3.05) is 11.4 Å². The van der Waals surface area contributed by atoms with E-state index in [1.165, 1.54) is 0 Å². The van der Waals surface area contributed by atoms with E-state index < -0.39 is 0 Å². The summed E-state index contributed by atoms with van der Waals surface area (Å²) in [4.78, 5) is 6.42. The number of hydrogen-bond acceptors (Lipinski definition) is 2. The summed E-state index contributed by atoms with van der Waals surface area (Å²) < 4.78 is 0.888. The Morgan fingerprint density at radius 1 is 1.67 bits per heavy atom. The topological polar surface area (TPSA) is 16.1 Å². The van der Waals surface area contributed by atoms with Crippen molar-refractivity contribution in [3.05, 3.63) is 34.4 Å². The number of anilines is 1. The zero-order valence-corrected chi connectivity index (χ0v) is 11.2.